The Hall–Kier alpha value is -0.810. The van der Waals surface area contributed by atoms with E-state index in [2.05, 4.69) is 48.5 Å². The molecule has 1 atom stereocenters. The number of guanidine groups is 1. The lowest BCUT2D eigenvalue weighted by molar-refractivity contribution is 0.123. The highest BCUT2D eigenvalue weighted by atomic mass is 16.5. The monoisotopic (exact) mass is 326 g/mol. The smallest absolute Gasteiger partial charge is 0.191 e. The van der Waals surface area contributed by atoms with Gasteiger partial charge in [0.25, 0.3) is 0 Å². The summed E-state index contributed by atoms with van der Waals surface area (Å²) in [5, 5.41) is 6.86. The van der Waals surface area contributed by atoms with Crippen LogP contribution in [0.5, 0.6) is 0 Å². The Labute approximate surface area is 143 Å². The molecule has 0 heterocycles. The summed E-state index contributed by atoms with van der Waals surface area (Å²) in [7, 11) is 6.16. The molecule has 0 aliphatic heterocycles. The van der Waals surface area contributed by atoms with Crippen LogP contribution in [0.4, 0.5) is 0 Å². The lowest BCUT2D eigenvalue weighted by Crippen LogP contribution is -2.48. The van der Waals surface area contributed by atoms with Crippen molar-refractivity contribution in [3.8, 4) is 0 Å². The van der Waals surface area contributed by atoms with Gasteiger partial charge in [-0.25, -0.2) is 0 Å². The summed E-state index contributed by atoms with van der Waals surface area (Å²) in [6, 6.07) is 0.533. The van der Waals surface area contributed by atoms with Gasteiger partial charge in [-0.1, -0.05) is 26.7 Å². The van der Waals surface area contributed by atoms with Crippen LogP contribution in [0.2, 0.25) is 0 Å². The van der Waals surface area contributed by atoms with Gasteiger partial charge in [0.1, 0.15) is 0 Å². The van der Waals surface area contributed by atoms with Gasteiger partial charge in [0.05, 0.1) is 0 Å². The minimum atomic E-state index is 0.533. The van der Waals surface area contributed by atoms with Gasteiger partial charge in [0.2, 0.25) is 0 Å². The van der Waals surface area contributed by atoms with Crippen LogP contribution in [0, 0.1) is 11.8 Å². The van der Waals surface area contributed by atoms with Crippen molar-refractivity contribution in [2.24, 2.45) is 16.8 Å². The van der Waals surface area contributed by atoms with Crippen molar-refractivity contribution < 1.29 is 4.74 Å². The van der Waals surface area contributed by atoms with Crippen LogP contribution in [0.25, 0.3) is 0 Å². The third-order valence-corrected chi connectivity index (χ3v) is 4.77. The maximum Gasteiger partial charge on any atom is 0.191 e. The highest BCUT2D eigenvalue weighted by Crippen LogP contribution is 2.28. The molecule has 0 aromatic rings. The number of aliphatic imine (C=N–C) groups is 1. The second-order valence-corrected chi connectivity index (χ2v) is 6.86. The summed E-state index contributed by atoms with van der Waals surface area (Å²) in [4.78, 5) is 6.64. The molecule has 1 rings (SSSR count). The molecule has 136 valence electrons. The van der Waals surface area contributed by atoms with Gasteiger partial charge in [-0.3, -0.25) is 4.99 Å². The van der Waals surface area contributed by atoms with E-state index in [4.69, 9.17) is 4.74 Å². The third-order valence-electron chi connectivity index (χ3n) is 4.77. The molecule has 2 N–H and O–H groups in total. The van der Waals surface area contributed by atoms with Crippen LogP contribution in [0.15, 0.2) is 4.99 Å². The molecule has 0 radical (unpaired) electrons. The lowest BCUT2D eigenvalue weighted by atomic mass is 9.93. The molecule has 0 spiro atoms. The lowest BCUT2D eigenvalue weighted by Gasteiger charge is -2.32. The second kappa shape index (κ2) is 11.7. The second-order valence-electron chi connectivity index (χ2n) is 6.86. The molecule has 1 fully saturated rings. The van der Waals surface area contributed by atoms with Gasteiger partial charge in [-0.2, -0.15) is 0 Å². The minimum Gasteiger partial charge on any atom is -0.381 e. The van der Waals surface area contributed by atoms with Gasteiger partial charge in [0, 0.05) is 39.4 Å². The molecular weight excluding hydrogens is 288 g/mol. The highest BCUT2D eigenvalue weighted by molar-refractivity contribution is 5.79. The van der Waals surface area contributed by atoms with Crippen molar-refractivity contribution in [1.82, 2.24) is 15.5 Å². The summed E-state index contributed by atoms with van der Waals surface area (Å²) in [5.74, 6) is 2.46. The van der Waals surface area contributed by atoms with E-state index in [1.165, 1.54) is 25.7 Å². The quantitative estimate of drug-likeness (QED) is 0.328. The first-order valence-electron chi connectivity index (χ1n) is 9.30. The molecular formula is C18H38N4O. The summed E-state index contributed by atoms with van der Waals surface area (Å²) >= 11 is 0. The van der Waals surface area contributed by atoms with Crippen molar-refractivity contribution in [3.05, 3.63) is 0 Å². The zero-order chi connectivity index (χ0) is 17.1. The van der Waals surface area contributed by atoms with Crippen molar-refractivity contribution in [2.75, 3.05) is 47.4 Å². The van der Waals surface area contributed by atoms with Crippen LogP contribution in [-0.4, -0.2) is 64.3 Å². The Morgan fingerprint density at radius 1 is 1.22 bits per heavy atom. The topological polar surface area (TPSA) is 48.9 Å². The normalized spacial score (nSPS) is 16.9. The fourth-order valence-corrected chi connectivity index (χ4v) is 2.94. The minimum absolute atomic E-state index is 0.533. The standard InChI is InChI=1S/C18H38N4O/c1-6-16(7-2)17(22(4)5)13-21-18(19-3)20-11-8-12-23-14-15-9-10-15/h15-17H,6-14H2,1-5H3,(H2,19,20,21). The van der Waals surface area contributed by atoms with Crippen molar-refractivity contribution in [3.63, 3.8) is 0 Å². The number of nitrogens with one attached hydrogen (secondary N) is 2. The Morgan fingerprint density at radius 2 is 1.91 bits per heavy atom. The zero-order valence-electron chi connectivity index (χ0n) is 15.9. The first-order chi connectivity index (χ1) is 11.1. The van der Waals surface area contributed by atoms with Crippen LogP contribution >= 0.6 is 0 Å². The van der Waals surface area contributed by atoms with E-state index < -0.39 is 0 Å². The number of hydrogen-bond acceptors (Lipinski definition) is 3. The van der Waals surface area contributed by atoms with E-state index in [1.807, 2.05) is 7.05 Å². The van der Waals surface area contributed by atoms with Crippen molar-refractivity contribution in [1.29, 1.82) is 0 Å². The van der Waals surface area contributed by atoms with Crippen LogP contribution in [0.3, 0.4) is 0 Å². The van der Waals surface area contributed by atoms with Gasteiger partial charge >= 0.3 is 0 Å². The van der Waals surface area contributed by atoms with Gasteiger partial charge in [0.15, 0.2) is 5.96 Å². The highest BCUT2D eigenvalue weighted by Gasteiger charge is 2.21. The van der Waals surface area contributed by atoms with Crippen molar-refractivity contribution >= 4 is 5.96 Å². The molecule has 0 aromatic heterocycles. The molecule has 0 bridgehead atoms. The summed E-state index contributed by atoms with van der Waals surface area (Å²) in [6.07, 6.45) is 6.17. The predicted molar refractivity (Wildman–Crippen MR) is 99.1 cm³/mol. The molecule has 1 aliphatic rings. The summed E-state index contributed by atoms with van der Waals surface area (Å²) < 4.78 is 5.66. The molecule has 0 amide bonds. The fraction of sp³-hybridized carbons (Fsp3) is 0.944. The van der Waals surface area contributed by atoms with Crippen LogP contribution < -0.4 is 10.6 Å². The Bertz CT molecular complexity index is 325. The van der Waals surface area contributed by atoms with E-state index in [-0.39, 0.29) is 0 Å². The average molecular weight is 327 g/mol. The molecule has 0 aromatic carbocycles. The van der Waals surface area contributed by atoms with Crippen molar-refractivity contribution in [2.45, 2.75) is 52.0 Å². The molecule has 1 saturated carbocycles. The largest absolute Gasteiger partial charge is 0.381 e. The van der Waals surface area contributed by atoms with Gasteiger partial charge in [-0.05, 0) is 45.2 Å². The zero-order valence-corrected chi connectivity index (χ0v) is 15.9. The summed E-state index contributed by atoms with van der Waals surface area (Å²) in [5.41, 5.74) is 0. The van der Waals surface area contributed by atoms with E-state index in [9.17, 15) is 0 Å². The van der Waals surface area contributed by atoms with Crippen LogP contribution in [-0.2, 0) is 4.74 Å². The first kappa shape index (κ1) is 20.2. The number of hydrogen-bond donors (Lipinski definition) is 2. The Morgan fingerprint density at radius 3 is 2.43 bits per heavy atom. The molecule has 5 nitrogen and oxygen atoms in total. The fourth-order valence-electron chi connectivity index (χ4n) is 2.94. The molecule has 0 saturated heterocycles. The molecule has 5 heteroatoms. The average Bonchev–Trinajstić information content (AvgIpc) is 3.36. The van der Waals surface area contributed by atoms with E-state index in [1.54, 1.807) is 0 Å². The SMILES string of the molecule is CCC(CC)C(CNC(=NC)NCCCOCC1CC1)N(C)C. The number of nitrogens with zero attached hydrogens (tertiary/aromatic N) is 2. The number of likely N-dealkylation sites (N-methyl/N-ethyl adjacent to an activating group) is 1. The Kier molecular flexibility index (Phi) is 10.3. The maximum atomic E-state index is 5.66. The van der Waals surface area contributed by atoms with E-state index in [0.29, 0.717) is 12.0 Å². The van der Waals surface area contributed by atoms with Gasteiger partial charge < -0.3 is 20.3 Å². The first-order valence-corrected chi connectivity index (χ1v) is 9.30. The maximum absolute atomic E-state index is 5.66. The predicted octanol–water partition coefficient (Wildman–Crippen LogP) is 2.33. The number of rotatable bonds is 12. The van der Waals surface area contributed by atoms with Crippen LogP contribution in [0.1, 0.15) is 46.0 Å². The summed E-state index contributed by atoms with van der Waals surface area (Å²) in [6.45, 7) is 8.18. The van der Waals surface area contributed by atoms with E-state index in [0.717, 1.165) is 44.6 Å². The molecule has 23 heavy (non-hydrogen) atoms. The van der Waals surface area contributed by atoms with E-state index >= 15 is 0 Å². The number of ether oxygens (including phenoxy) is 1. The molecule has 1 aliphatic carbocycles. The third kappa shape index (κ3) is 8.56. The Balaban J connectivity index is 2.19. The molecule has 1 unspecified atom stereocenters. The van der Waals surface area contributed by atoms with Gasteiger partial charge in [-0.15, -0.1) is 0 Å².